The van der Waals surface area contributed by atoms with E-state index in [0.717, 1.165) is 0 Å². The molecule has 4 N–H and O–H groups in total. The first-order chi connectivity index (χ1) is 14.1. The number of rotatable bonds is 4. The highest BCUT2D eigenvalue weighted by molar-refractivity contribution is 6.08. The molecule has 30 heavy (non-hydrogen) atoms. The molecule has 2 aliphatic heterocycles. The minimum absolute atomic E-state index is 0.0181. The Morgan fingerprint density at radius 3 is 2.50 bits per heavy atom. The number of anilines is 1. The molecular formula is C20H22N4O6. The lowest BCUT2D eigenvalue weighted by Gasteiger charge is -2.34. The molecule has 0 aromatic heterocycles. The third-order valence-electron chi connectivity index (χ3n) is 4.97. The number of benzene rings is 1. The van der Waals surface area contributed by atoms with Crippen molar-refractivity contribution in [3.63, 3.8) is 0 Å². The molecule has 2 atom stereocenters. The zero-order valence-corrected chi connectivity index (χ0v) is 16.7. The number of methoxy groups -OCH3 is 1. The fourth-order valence-corrected chi connectivity index (χ4v) is 3.77. The number of carbonyl (C=O) groups excluding carboxylic acids is 4. The maximum Gasteiger partial charge on any atom is 0.410 e. The molecule has 4 amide bonds. The molecule has 0 aliphatic carbocycles. The number of primary amides is 2. The number of hydrogen-bond donors (Lipinski definition) is 2. The van der Waals surface area contributed by atoms with Gasteiger partial charge in [-0.3, -0.25) is 19.3 Å². The number of allylic oxidation sites excluding steroid dienone is 1. The van der Waals surface area contributed by atoms with Crippen LogP contribution >= 0.6 is 0 Å². The van der Waals surface area contributed by atoms with Gasteiger partial charge in [-0.2, -0.15) is 0 Å². The molecule has 2 aliphatic rings. The van der Waals surface area contributed by atoms with Crippen LogP contribution < -0.4 is 21.1 Å². The topological polar surface area (TPSA) is 145 Å². The van der Waals surface area contributed by atoms with Crippen LogP contribution in [0.4, 0.5) is 10.5 Å². The Labute approximate surface area is 172 Å². The molecule has 0 bridgehead atoms. The summed E-state index contributed by atoms with van der Waals surface area (Å²) in [5.41, 5.74) is 11.8. The molecule has 0 fully saturated rings. The van der Waals surface area contributed by atoms with Gasteiger partial charge in [0.15, 0.2) is 12.0 Å². The molecule has 158 valence electrons. The molecule has 1 aromatic carbocycles. The second-order valence-electron chi connectivity index (χ2n) is 6.97. The molecular weight excluding hydrogens is 392 g/mol. The van der Waals surface area contributed by atoms with Crippen molar-refractivity contribution in [2.45, 2.75) is 32.5 Å². The smallest absolute Gasteiger partial charge is 0.408 e. The van der Waals surface area contributed by atoms with Crippen molar-refractivity contribution >= 4 is 29.5 Å². The second-order valence-corrected chi connectivity index (χ2v) is 6.97. The average Bonchev–Trinajstić information content (AvgIpc) is 3.05. The highest BCUT2D eigenvalue weighted by atomic mass is 16.5. The lowest BCUT2D eigenvalue weighted by atomic mass is 10.1. The first-order valence-corrected chi connectivity index (χ1v) is 9.10. The molecule has 1 aromatic rings. The van der Waals surface area contributed by atoms with Gasteiger partial charge in [0.25, 0.3) is 5.91 Å². The van der Waals surface area contributed by atoms with E-state index < -0.39 is 36.1 Å². The number of aryl methyl sites for hydroxylation is 1. The van der Waals surface area contributed by atoms with Crippen molar-refractivity contribution in [1.29, 1.82) is 0 Å². The van der Waals surface area contributed by atoms with Crippen molar-refractivity contribution in [3.05, 3.63) is 47.2 Å². The minimum Gasteiger partial charge on any atom is -0.408 e. The van der Waals surface area contributed by atoms with Gasteiger partial charge < -0.3 is 25.8 Å². The number of carbonyl (C=O) groups is 4. The van der Waals surface area contributed by atoms with Crippen LogP contribution in [-0.4, -0.2) is 48.1 Å². The van der Waals surface area contributed by atoms with E-state index in [4.69, 9.17) is 20.9 Å². The Morgan fingerprint density at radius 2 is 1.93 bits per heavy atom. The van der Waals surface area contributed by atoms with Crippen molar-refractivity contribution in [1.82, 2.24) is 4.90 Å². The van der Waals surface area contributed by atoms with E-state index in [2.05, 4.69) is 0 Å². The van der Waals surface area contributed by atoms with Crippen LogP contribution in [0.25, 0.3) is 0 Å². The van der Waals surface area contributed by atoms with Gasteiger partial charge in [-0.25, -0.2) is 4.79 Å². The van der Waals surface area contributed by atoms with Gasteiger partial charge in [0.1, 0.15) is 5.69 Å². The third-order valence-corrected chi connectivity index (χ3v) is 4.97. The lowest BCUT2D eigenvalue weighted by Crippen LogP contribution is -2.51. The summed E-state index contributed by atoms with van der Waals surface area (Å²) in [5.74, 6) is -1.44. The Bertz CT molecular complexity index is 999. The molecule has 0 saturated carbocycles. The van der Waals surface area contributed by atoms with Crippen LogP contribution in [0.2, 0.25) is 0 Å². The summed E-state index contributed by atoms with van der Waals surface area (Å²) in [6.07, 6.45) is 2.66. The fourth-order valence-electron chi connectivity index (χ4n) is 3.77. The predicted octanol–water partition coefficient (Wildman–Crippen LogP) is 0.931. The van der Waals surface area contributed by atoms with Crippen LogP contribution in [0.1, 0.15) is 29.3 Å². The summed E-state index contributed by atoms with van der Waals surface area (Å²) in [5, 5.41) is 0. The highest BCUT2D eigenvalue weighted by Gasteiger charge is 2.45. The van der Waals surface area contributed by atoms with Crippen molar-refractivity contribution in [2.75, 3.05) is 12.0 Å². The van der Waals surface area contributed by atoms with E-state index in [1.165, 1.54) is 36.0 Å². The largest absolute Gasteiger partial charge is 0.410 e. The lowest BCUT2D eigenvalue weighted by molar-refractivity contribution is -0.119. The number of fused-ring (bicyclic) bond motifs is 2. The zero-order valence-electron chi connectivity index (χ0n) is 16.7. The van der Waals surface area contributed by atoms with E-state index in [1.54, 1.807) is 25.3 Å². The van der Waals surface area contributed by atoms with Gasteiger partial charge in [-0.05, 0) is 30.5 Å². The predicted molar refractivity (Wildman–Crippen MR) is 106 cm³/mol. The molecule has 3 rings (SSSR count). The Balaban J connectivity index is 2.23. The Kier molecular flexibility index (Phi) is 5.61. The summed E-state index contributed by atoms with van der Waals surface area (Å²) in [4.78, 5) is 51.3. The number of amides is 4. The fraction of sp³-hybridized carbons (Fsp3) is 0.300. The van der Waals surface area contributed by atoms with Gasteiger partial charge in [0.05, 0.1) is 11.6 Å². The highest BCUT2D eigenvalue weighted by Crippen LogP contribution is 2.43. The van der Waals surface area contributed by atoms with Gasteiger partial charge in [-0.15, -0.1) is 0 Å². The van der Waals surface area contributed by atoms with Crippen molar-refractivity contribution in [2.24, 2.45) is 11.5 Å². The van der Waals surface area contributed by atoms with Crippen molar-refractivity contribution < 1.29 is 28.7 Å². The first-order valence-electron chi connectivity index (χ1n) is 9.10. The SMILES string of the molecule is COC1C2CC(C=CC(N)=O)=CN2C(=O)c2ccc(C)c(OC(N)=O)c2N1C(C)=O. The van der Waals surface area contributed by atoms with E-state index >= 15 is 0 Å². The molecule has 2 unspecified atom stereocenters. The average molecular weight is 414 g/mol. The summed E-state index contributed by atoms with van der Waals surface area (Å²) in [6.45, 7) is 2.99. The van der Waals surface area contributed by atoms with Gasteiger partial charge in [0, 0.05) is 26.3 Å². The standard InChI is InChI=1S/C20H22N4O6/c1-10-4-6-13-16(17(10)30-20(22)28)24(11(2)25)19(29-3)14-8-12(5-7-15(21)26)9-23(14)18(13)27/h4-7,9,14,19H,8H2,1-3H3,(H2,21,26)(H2,22,28). The van der Waals surface area contributed by atoms with Crippen LogP contribution in [0.5, 0.6) is 5.75 Å². The van der Waals surface area contributed by atoms with Gasteiger partial charge in [0.2, 0.25) is 11.8 Å². The summed E-state index contributed by atoms with van der Waals surface area (Å²) in [6, 6.07) is 2.58. The molecule has 0 radical (unpaired) electrons. The Hall–Kier alpha value is -3.66. The number of ether oxygens (including phenoxy) is 2. The summed E-state index contributed by atoms with van der Waals surface area (Å²) >= 11 is 0. The quantitative estimate of drug-likeness (QED) is 0.701. The maximum absolute atomic E-state index is 13.4. The molecule has 0 saturated heterocycles. The minimum atomic E-state index is -1.07. The zero-order chi connectivity index (χ0) is 22.2. The van der Waals surface area contributed by atoms with Gasteiger partial charge >= 0.3 is 6.09 Å². The number of nitrogens with two attached hydrogens (primary N) is 2. The van der Waals surface area contributed by atoms with Crippen molar-refractivity contribution in [3.8, 4) is 5.75 Å². The summed E-state index contributed by atoms with van der Waals surface area (Å²) < 4.78 is 10.8. The first kappa shape index (κ1) is 21.1. The third kappa shape index (κ3) is 3.64. The van der Waals surface area contributed by atoms with Crippen LogP contribution in [-0.2, 0) is 14.3 Å². The van der Waals surface area contributed by atoms with E-state index in [0.29, 0.717) is 17.6 Å². The molecule has 2 heterocycles. The normalized spacial score (nSPS) is 20.5. The monoisotopic (exact) mass is 414 g/mol. The molecule has 10 nitrogen and oxygen atoms in total. The number of nitrogens with zero attached hydrogens (tertiary/aromatic N) is 2. The summed E-state index contributed by atoms with van der Waals surface area (Å²) in [7, 11) is 1.41. The second kappa shape index (κ2) is 7.99. The van der Waals surface area contributed by atoms with Crippen LogP contribution in [0.15, 0.2) is 36.1 Å². The van der Waals surface area contributed by atoms with E-state index in [1.807, 2.05) is 0 Å². The molecule has 0 spiro atoms. The molecule has 10 heteroatoms. The van der Waals surface area contributed by atoms with Crippen LogP contribution in [0, 0.1) is 6.92 Å². The maximum atomic E-state index is 13.4. The van der Waals surface area contributed by atoms with Gasteiger partial charge in [-0.1, -0.05) is 12.1 Å². The van der Waals surface area contributed by atoms with E-state index in [9.17, 15) is 19.2 Å². The Morgan fingerprint density at radius 1 is 1.23 bits per heavy atom. The van der Waals surface area contributed by atoms with Crippen LogP contribution in [0.3, 0.4) is 0 Å². The number of hydrogen-bond acceptors (Lipinski definition) is 6. The van der Waals surface area contributed by atoms with E-state index in [-0.39, 0.29) is 17.0 Å².